The number of hydrogen-bond donors (Lipinski definition) is 3. The number of nitrogens with one attached hydrogen (secondary N) is 2. The second-order valence-corrected chi connectivity index (χ2v) is 15.1. The Balaban J connectivity index is 1.03. The molecule has 7 atom stereocenters. The van der Waals surface area contributed by atoms with Gasteiger partial charge in [-0.15, -0.1) is 0 Å². The average molecular weight is 568 g/mol. The maximum atomic E-state index is 13.9. The molecule has 7 unspecified atom stereocenters. The van der Waals surface area contributed by atoms with E-state index in [0.29, 0.717) is 30.5 Å². The van der Waals surface area contributed by atoms with Gasteiger partial charge in [-0.3, -0.25) is 14.4 Å². The number of nitrogens with two attached hydrogens (primary N) is 1. The van der Waals surface area contributed by atoms with Crippen LogP contribution in [0.5, 0.6) is 0 Å². The number of carbonyl (C=O) groups is 3. The second-order valence-electron chi connectivity index (χ2n) is 15.1. The van der Waals surface area contributed by atoms with Crippen molar-refractivity contribution in [2.75, 3.05) is 32.7 Å². The smallest absolute Gasteiger partial charge is 0.227 e. The number of fused-ring (bicyclic) bond motifs is 2. The van der Waals surface area contributed by atoms with Crippen LogP contribution in [-0.2, 0) is 14.4 Å². The number of rotatable bonds is 5. The summed E-state index contributed by atoms with van der Waals surface area (Å²) in [6.45, 7) is 4.60. The van der Waals surface area contributed by atoms with Gasteiger partial charge in [-0.25, -0.2) is 0 Å². The fraction of sp³-hybridized carbons (Fsp3) is 0.909. The highest BCUT2D eigenvalue weighted by Gasteiger charge is 2.58. The van der Waals surface area contributed by atoms with E-state index in [4.69, 9.17) is 5.73 Å². The summed E-state index contributed by atoms with van der Waals surface area (Å²) in [6.07, 6.45) is 16.7. The SMILES string of the molecule is NC(=O)C1CCC(N2CC(C(=O)N3CCC(C4CNC5CCCCC54)(C4CNC5CCCCC54)CC3)CC2=O)CC1. The summed E-state index contributed by atoms with van der Waals surface area (Å²) < 4.78 is 0. The number of carbonyl (C=O) groups excluding carboxylic acids is 3. The van der Waals surface area contributed by atoms with Gasteiger partial charge in [0.1, 0.15) is 0 Å². The second kappa shape index (κ2) is 11.4. The standard InChI is InChI=1S/C33H53N5O3/c34-31(40)21-9-11-23(12-10-21)38-20-22(17-30(38)39)32(41)37-15-13-33(14-16-37,26-18-35-28-7-3-1-5-24(26)28)27-19-36-29-8-4-2-6-25(27)29/h21-29,35-36H,1-20H2,(H2,34,40). The van der Waals surface area contributed by atoms with Crippen LogP contribution in [-0.4, -0.2) is 78.4 Å². The third-order valence-electron chi connectivity index (χ3n) is 13.4. The Hall–Kier alpha value is -1.67. The normalized spacial score (nSPS) is 42.6. The molecular formula is C33H53N5O3. The van der Waals surface area contributed by atoms with Gasteiger partial charge in [-0.2, -0.15) is 0 Å². The van der Waals surface area contributed by atoms with Gasteiger partial charge in [-0.05, 0) is 106 Å². The third kappa shape index (κ3) is 5.03. The third-order valence-corrected chi connectivity index (χ3v) is 13.4. The summed E-state index contributed by atoms with van der Waals surface area (Å²) in [4.78, 5) is 42.7. The van der Waals surface area contributed by atoms with Crippen LogP contribution in [0.4, 0.5) is 0 Å². The molecule has 8 heteroatoms. The zero-order valence-corrected chi connectivity index (χ0v) is 25.0. The lowest BCUT2D eigenvalue weighted by atomic mass is 9.53. The van der Waals surface area contributed by atoms with E-state index in [9.17, 15) is 14.4 Å². The minimum absolute atomic E-state index is 0.0621. The van der Waals surface area contributed by atoms with Crippen molar-refractivity contribution in [3.63, 3.8) is 0 Å². The number of hydrogen-bond acceptors (Lipinski definition) is 5. The summed E-state index contributed by atoms with van der Waals surface area (Å²) in [6, 6.07) is 1.56. The lowest BCUT2D eigenvalue weighted by Crippen LogP contribution is -2.54. The number of piperidine rings is 1. The van der Waals surface area contributed by atoms with Crippen LogP contribution in [0.15, 0.2) is 0 Å². The van der Waals surface area contributed by atoms with Crippen LogP contribution in [0.25, 0.3) is 0 Å². The van der Waals surface area contributed by atoms with Crippen molar-refractivity contribution in [2.45, 2.75) is 114 Å². The van der Waals surface area contributed by atoms with Gasteiger partial charge in [0, 0.05) is 50.1 Å². The Bertz CT molecular complexity index is 969. The first-order chi connectivity index (χ1) is 19.9. The van der Waals surface area contributed by atoms with E-state index in [1.54, 1.807) is 0 Å². The zero-order valence-electron chi connectivity index (χ0n) is 25.0. The van der Waals surface area contributed by atoms with E-state index >= 15 is 0 Å². The van der Waals surface area contributed by atoms with E-state index in [-0.39, 0.29) is 35.6 Å². The molecule has 7 aliphatic rings. The largest absolute Gasteiger partial charge is 0.369 e. The predicted octanol–water partition coefficient (Wildman–Crippen LogP) is 3.04. The van der Waals surface area contributed by atoms with Crippen molar-refractivity contribution in [3.05, 3.63) is 0 Å². The van der Waals surface area contributed by atoms with Gasteiger partial charge in [-0.1, -0.05) is 25.7 Å². The summed E-state index contributed by atoms with van der Waals surface area (Å²) in [5, 5.41) is 7.97. The minimum atomic E-state index is -0.217. The molecule has 3 amide bonds. The molecule has 3 saturated carbocycles. The van der Waals surface area contributed by atoms with Gasteiger partial charge >= 0.3 is 0 Å². The van der Waals surface area contributed by atoms with Crippen LogP contribution in [0.3, 0.4) is 0 Å². The molecule has 0 aromatic rings. The summed E-state index contributed by atoms with van der Waals surface area (Å²) in [7, 11) is 0. The van der Waals surface area contributed by atoms with Gasteiger partial charge in [0.15, 0.2) is 0 Å². The Morgan fingerprint density at radius 1 is 0.756 bits per heavy atom. The molecule has 7 fully saturated rings. The van der Waals surface area contributed by atoms with Gasteiger partial charge in [0.05, 0.1) is 5.92 Å². The van der Waals surface area contributed by atoms with E-state index in [1.165, 1.54) is 64.5 Å². The topological polar surface area (TPSA) is 108 Å². The predicted molar refractivity (Wildman–Crippen MR) is 157 cm³/mol. The lowest BCUT2D eigenvalue weighted by molar-refractivity contribution is -0.140. The highest BCUT2D eigenvalue weighted by atomic mass is 16.2. The van der Waals surface area contributed by atoms with Crippen molar-refractivity contribution in [1.82, 2.24) is 20.4 Å². The fourth-order valence-corrected chi connectivity index (χ4v) is 11.2. The van der Waals surface area contributed by atoms with Gasteiger partial charge in [0.2, 0.25) is 17.7 Å². The van der Waals surface area contributed by atoms with Crippen molar-refractivity contribution in [2.24, 2.45) is 46.7 Å². The molecule has 41 heavy (non-hydrogen) atoms. The lowest BCUT2D eigenvalue weighted by Gasteiger charge is -2.53. The maximum Gasteiger partial charge on any atom is 0.227 e. The van der Waals surface area contributed by atoms with Crippen molar-refractivity contribution >= 4 is 17.7 Å². The van der Waals surface area contributed by atoms with Gasteiger partial charge in [0.25, 0.3) is 0 Å². The highest BCUT2D eigenvalue weighted by molar-refractivity contribution is 5.89. The molecule has 0 aromatic heterocycles. The summed E-state index contributed by atoms with van der Waals surface area (Å²) in [5.41, 5.74) is 5.84. The fourth-order valence-electron chi connectivity index (χ4n) is 11.2. The van der Waals surface area contributed by atoms with E-state index in [1.807, 2.05) is 4.90 Å². The molecule has 4 N–H and O–H groups in total. The molecule has 0 spiro atoms. The van der Waals surface area contributed by atoms with E-state index in [2.05, 4.69) is 15.5 Å². The summed E-state index contributed by atoms with van der Waals surface area (Å²) >= 11 is 0. The average Bonchev–Trinajstić information content (AvgIpc) is 3.74. The Labute approximate surface area is 246 Å². The quantitative estimate of drug-likeness (QED) is 0.473. The molecule has 4 aliphatic heterocycles. The van der Waals surface area contributed by atoms with Crippen molar-refractivity contribution in [1.29, 1.82) is 0 Å². The Morgan fingerprint density at radius 2 is 1.32 bits per heavy atom. The first-order valence-corrected chi connectivity index (χ1v) is 17.3. The first kappa shape index (κ1) is 28.1. The molecule has 7 rings (SSSR count). The van der Waals surface area contributed by atoms with Crippen molar-refractivity contribution in [3.8, 4) is 0 Å². The number of nitrogens with zero attached hydrogens (tertiary/aromatic N) is 2. The minimum Gasteiger partial charge on any atom is -0.369 e. The zero-order chi connectivity index (χ0) is 28.1. The molecule has 228 valence electrons. The van der Waals surface area contributed by atoms with Crippen LogP contribution in [0, 0.1) is 40.9 Å². The van der Waals surface area contributed by atoms with Crippen LogP contribution in [0.2, 0.25) is 0 Å². The Kier molecular flexibility index (Phi) is 7.85. The highest BCUT2D eigenvalue weighted by Crippen LogP contribution is 2.57. The first-order valence-electron chi connectivity index (χ1n) is 17.3. The van der Waals surface area contributed by atoms with Gasteiger partial charge < -0.3 is 26.2 Å². The van der Waals surface area contributed by atoms with Crippen molar-refractivity contribution < 1.29 is 14.4 Å². The molecule has 3 aliphatic carbocycles. The van der Waals surface area contributed by atoms with Crippen LogP contribution < -0.4 is 16.4 Å². The molecule has 0 radical (unpaired) electrons. The maximum absolute atomic E-state index is 13.9. The van der Waals surface area contributed by atoms with Crippen LogP contribution in [0.1, 0.15) is 96.3 Å². The van der Waals surface area contributed by atoms with E-state index < -0.39 is 0 Å². The monoisotopic (exact) mass is 567 g/mol. The van der Waals surface area contributed by atoms with E-state index in [0.717, 1.165) is 75.3 Å². The summed E-state index contributed by atoms with van der Waals surface area (Å²) in [5.74, 6) is 2.92. The Morgan fingerprint density at radius 3 is 1.88 bits per heavy atom. The number of amides is 3. The molecule has 8 nitrogen and oxygen atoms in total. The number of likely N-dealkylation sites (tertiary alicyclic amines) is 2. The molecular weight excluding hydrogens is 514 g/mol. The molecule has 0 bridgehead atoms. The molecule has 4 saturated heterocycles. The molecule has 4 heterocycles. The molecule has 0 aromatic carbocycles. The number of primary amides is 1. The van der Waals surface area contributed by atoms with Crippen LogP contribution >= 0.6 is 0 Å².